The maximum atomic E-state index is 13.4. The second-order valence-corrected chi connectivity index (χ2v) is 11.0. The van der Waals surface area contributed by atoms with Gasteiger partial charge in [0.05, 0.1) is 32.1 Å². The molecule has 230 valence electrons. The van der Waals surface area contributed by atoms with Crippen LogP contribution in [-0.2, 0) is 17.8 Å². The molecule has 10 nitrogen and oxygen atoms in total. The quantitative estimate of drug-likeness (QED) is 0.200. The summed E-state index contributed by atoms with van der Waals surface area (Å²) < 4.78 is 19.2. The Kier molecular flexibility index (Phi) is 10.1. The van der Waals surface area contributed by atoms with Crippen molar-refractivity contribution < 1.29 is 23.8 Å². The fraction of sp³-hybridized carbons (Fsp3) is 0.333. The first-order valence-corrected chi connectivity index (χ1v) is 15.8. The van der Waals surface area contributed by atoms with E-state index in [1.54, 1.807) is 12.1 Å². The molecule has 0 aliphatic carbocycles. The van der Waals surface area contributed by atoms with E-state index in [1.807, 2.05) is 79.6 Å². The van der Waals surface area contributed by atoms with Crippen LogP contribution < -0.4 is 24.4 Å². The fourth-order valence-corrected chi connectivity index (χ4v) is 5.96. The second-order valence-electron chi connectivity index (χ2n) is 10.1. The Morgan fingerprint density at radius 3 is 2.34 bits per heavy atom. The van der Waals surface area contributed by atoms with Crippen molar-refractivity contribution in [3.63, 3.8) is 0 Å². The van der Waals surface area contributed by atoms with Gasteiger partial charge in [-0.1, -0.05) is 42.1 Å². The number of amides is 2. The number of anilines is 1. The third kappa shape index (κ3) is 6.83. The van der Waals surface area contributed by atoms with Crippen LogP contribution in [0, 0.1) is 6.92 Å². The molecule has 0 fully saturated rings. The van der Waals surface area contributed by atoms with E-state index < -0.39 is 0 Å². The van der Waals surface area contributed by atoms with Crippen LogP contribution in [0.3, 0.4) is 0 Å². The topological polar surface area (TPSA) is 108 Å². The molecule has 4 aromatic rings. The summed E-state index contributed by atoms with van der Waals surface area (Å²) in [7, 11) is 0. The highest BCUT2D eigenvalue weighted by Crippen LogP contribution is 2.39. The van der Waals surface area contributed by atoms with Crippen molar-refractivity contribution in [3.8, 4) is 22.9 Å². The van der Waals surface area contributed by atoms with Crippen LogP contribution in [0.2, 0.25) is 0 Å². The minimum atomic E-state index is -0.328. The van der Waals surface area contributed by atoms with E-state index in [0.29, 0.717) is 60.2 Å². The van der Waals surface area contributed by atoms with Crippen molar-refractivity contribution >= 4 is 29.3 Å². The van der Waals surface area contributed by atoms with Gasteiger partial charge in [0.15, 0.2) is 22.5 Å². The molecule has 0 spiro atoms. The summed E-state index contributed by atoms with van der Waals surface area (Å²) >= 11 is 1.33. The number of aromatic nitrogens is 3. The molecule has 0 bridgehead atoms. The number of carbonyl (C=O) groups excluding carboxylic acids is 2. The maximum absolute atomic E-state index is 13.4. The van der Waals surface area contributed by atoms with Gasteiger partial charge in [0, 0.05) is 23.5 Å². The number of para-hydroxylation sites is 1. The third-order valence-electron chi connectivity index (χ3n) is 7.05. The first-order valence-electron chi connectivity index (χ1n) is 14.8. The first kappa shape index (κ1) is 30.9. The lowest BCUT2D eigenvalue weighted by molar-refractivity contribution is -0.116. The van der Waals surface area contributed by atoms with Crippen molar-refractivity contribution in [1.29, 1.82) is 0 Å². The van der Waals surface area contributed by atoms with Gasteiger partial charge in [0.25, 0.3) is 5.91 Å². The number of nitrogens with one attached hydrogen (secondary N) is 1. The van der Waals surface area contributed by atoms with Gasteiger partial charge in [-0.05, 0) is 75.6 Å². The number of fused-ring (bicyclic) bond motifs is 1. The van der Waals surface area contributed by atoms with Crippen LogP contribution in [0.25, 0.3) is 5.69 Å². The molecule has 2 heterocycles. The van der Waals surface area contributed by atoms with E-state index >= 15 is 0 Å². The number of nitrogens with zero attached hydrogens (tertiary/aromatic N) is 4. The lowest BCUT2D eigenvalue weighted by atomic mass is 10.1. The molecule has 11 heteroatoms. The van der Waals surface area contributed by atoms with Crippen LogP contribution in [0.15, 0.2) is 65.8 Å². The molecule has 5 rings (SSSR count). The van der Waals surface area contributed by atoms with E-state index in [1.165, 1.54) is 17.3 Å². The fourth-order valence-electron chi connectivity index (χ4n) is 5.12. The molecule has 1 aliphatic rings. The zero-order valence-electron chi connectivity index (χ0n) is 25.5. The maximum Gasteiger partial charge on any atom is 0.251 e. The number of benzene rings is 3. The normalized spacial score (nSPS) is 12.1. The molecule has 1 aliphatic heterocycles. The van der Waals surface area contributed by atoms with Crippen molar-refractivity contribution in [2.75, 3.05) is 37.0 Å². The number of aryl methyl sites for hydroxylation is 1. The number of ether oxygens (including phenoxy) is 3. The number of thioether (sulfide) groups is 1. The largest absolute Gasteiger partial charge is 0.490 e. The average molecular weight is 616 g/mol. The van der Waals surface area contributed by atoms with Gasteiger partial charge in [0.1, 0.15) is 0 Å². The predicted octanol–water partition coefficient (Wildman–Crippen LogP) is 5.38. The third-order valence-corrected chi connectivity index (χ3v) is 7.97. The summed E-state index contributed by atoms with van der Waals surface area (Å²) in [5, 5.41) is 12.4. The van der Waals surface area contributed by atoms with Gasteiger partial charge in [-0.15, -0.1) is 10.2 Å². The first-order chi connectivity index (χ1) is 21.4. The summed E-state index contributed by atoms with van der Waals surface area (Å²) in [6, 6.07) is 19.3. The molecular weight excluding hydrogens is 578 g/mol. The molecular formula is C33H37N5O5S. The van der Waals surface area contributed by atoms with Crippen LogP contribution in [-0.4, -0.2) is 58.7 Å². The molecule has 44 heavy (non-hydrogen) atoms. The lowest BCUT2D eigenvalue weighted by Gasteiger charge is -2.17. The second kappa shape index (κ2) is 14.3. The molecule has 1 aromatic heterocycles. The molecule has 1 N–H and O–H groups in total. The van der Waals surface area contributed by atoms with Gasteiger partial charge in [-0.3, -0.25) is 14.2 Å². The predicted molar refractivity (Wildman–Crippen MR) is 170 cm³/mol. The molecule has 3 aromatic carbocycles. The zero-order chi connectivity index (χ0) is 31.1. The van der Waals surface area contributed by atoms with Gasteiger partial charge in [-0.25, -0.2) is 0 Å². The number of carbonyl (C=O) groups is 2. The Bertz CT molecular complexity index is 1610. The Morgan fingerprint density at radius 2 is 1.64 bits per heavy atom. The Hall–Kier alpha value is -4.51. The van der Waals surface area contributed by atoms with Crippen molar-refractivity contribution in [2.24, 2.45) is 0 Å². The van der Waals surface area contributed by atoms with E-state index in [0.717, 1.165) is 23.4 Å². The van der Waals surface area contributed by atoms with Crippen LogP contribution in [0.5, 0.6) is 17.2 Å². The molecule has 2 amide bonds. The summed E-state index contributed by atoms with van der Waals surface area (Å²) in [6.07, 6.45) is 0.850. The minimum absolute atomic E-state index is 0.0132. The average Bonchev–Trinajstić information content (AvgIpc) is 3.64. The number of rotatable bonds is 13. The Morgan fingerprint density at radius 1 is 0.909 bits per heavy atom. The Balaban J connectivity index is 1.36. The molecule has 0 atom stereocenters. The van der Waals surface area contributed by atoms with E-state index in [4.69, 9.17) is 14.2 Å². The highest BCUT2D eigenvalue weighted by molar-refractivity contribution is 7.99. The molecule has 0 unspecified atom stereocenters. The van der Waals surface area contributed by atoms with Crippen molar-refractivity contribution in [1.82, 2.24) is 20.1 Å². The van der Waals surface area contributed by atoms with Gasteiger partial charge in [-0.2, -0.15) is 0 Å². The standard InChI is InChI=1S/C33H37N5O5S/c1-5-41-27-18-24(19-28(42-6-2)31(27)43-7-3)32(40)34-20-29-35-36-33(38(29)25-13-10-11-22(4)17-25)44-21-30(39)37-16-15-23-12-8-9-14-26(23)37/h8-14,17-19H,5-7,15-16,20-21H2,1-4H3,(H,34,40). The van der Waals surface area contributed by atoms with Gasteiger partial charge >= 0.3 is 0 Å². The summed E-state index contributed by atoms with van der Waals surface area (Å²) in [6.45, 7) is 9.64. The van der Waals surface area contributed by atoms with E-state index in [9.17, 15) is 9.59 Å². The summed E-state index contributed by atoms with van der Waals surface area (Å²) in [5.41, 5.74) is 4.43. The molecule has 0 radical (unpaired) electrons. The molecule has 0 saturated carbocycles. The minimum Gasteiger partial charge on any atom is -0.490 e. The lowest BCUT2D eigenvalue weighted by Crippen LogP contribution is -2.30. The van der Waals surface area contributed by atoms with Crippen molar-refractivity contribution in [2.45, 2.75) is 45.8 Å². The van der Waals surface area contributed by atoms with Gasteiger partial charge in [0.2, 0.25) is 11.7 Å². The monoisotopic (exact) mass is 615 g/mol. The summed E-state index contributed by atoms with van der Waals surface area (Å²) in [4.78, 5) is 28.5. The van der Waals surface area contributed by atoms with Crippen LogP contribution >= 0.6 is 11.8 Å². The smallest absolute Gasteiger partial charge is 0.251 e. The van der Waals surface area contributed by atoms with Gasteiger partial charge < -0.3 is 24.4 Å². The number of hydrogen-bond acceptors (Lipinski definition) is 8. The van der Waals surface area contributed by atoms with E-state index in [-0.39, 0.29) is 24.1 Å². The Labute approximate surface area is 261 Å². The number of hydrogen-bond donors (Lipinski definition) is 1. The van der Waals surface area contributed by atoms with Crippen LogP contribution in [0.4, 0.5) is 5.69 Å². The zero-order valence-corrected chi connectivity index (χ0v) is 26.3. The highest BCUT2D eigenvalue weighted by Gasteiger charge is 2.25. The van der Waals surface area contributed by atoms with E-state index in [2.05, 4.69) is 21.6 Å². The van der Waals surface area contributed by atoms with Crippen molar-refractivity contribution in [3.05, 3.63) is 83.2 Å². The molecule has 0 saturated heterocycles. The SMILES string of the molecule is CCOc1cc(C(=O)NCc2nnc(SCC(=O)N3CCc4ccccc43)n2-c2cccc(C)c2)cc(OCC)c1OCC. The summed E-state index contributed by atoms with van der Waals surface area (Å²) in [5.74, 6) is 1.78. The van der Waals surface area contributed by atoms with Crippen LogP contribution in [0.1, 0.15) is 48.1 Å². The highest BCUT2D eigenvalue weighted by atomic mass is 32.2.